The van der Waals surface area contributed by atoms with Crippen LogP contribution in [0.15, 0.2) is 29.0 Å². The van der Waals surface area contributed by atoms with Crippen molar-refractivity contribution in [1.82, 2.24) is 9.88 Å². The van der Waals surface area contributed by atoms with Crippen LogP contribution in [0.4, 0.5) is 0 Å². The number of Topliss-reactive ketones (excluding diaryl/α,β-unsaturated/α-hetero) is 1. The zero-order chi connectivity index (χ0) is 15.5. The molecule has 5 nitrogen and oxygen atoms in total. The van der Waals surface area contributed by atoms with E-state index in [9.17, 15) is 9.59 Å². The van der Waals surface area contributed by atoms with E-state index in [1.165, 1.54) is 12.5 Å². The molecule has 1 saturated heterocycles. The zero-order valence-electron chi connectivity index (χ0n) is 11.7. The number of ketones is 1. The molecule has 1 aliphatic rings. The fraction of sp³-hybridized carbons (Fsp3) is 0.312. The van der Waals surface area contributed by atoms with Gasteiger partial charge in [-0.1, -0.05) is 17.7 Å². The quantitative estimate of drug-likeness (QED) is 0.817. The highest BCUT2D eigenvalue weighted by atomic mass is 35.5. The molecular weight excluding hydrogens is 304 g/mol. The number of amides is 1. The third-order valence-corrected chi connectivity index (χ3v) is 3.95. The van der Waals surface area contributed by atoms with Crippen LogP contribution >= 0.6 is 11.6 Å². The van der Waals surface area contributed by atoms with Gasteiger partial charge in [0, 0.05) is 25.1 Å². The Labute approximate surface area is 132 Å². The molecule has 1 fully saturated rings. The number of halogens is 1. The lowest BCUT2D eigenvalue weighted by molar-refractivity contribution is 0.0640. The minimum atomic E-state index is -0.151. The molecule has 0 aliphatic carbocycles. The van der Waals surface area contributed by atoms with Gasteiger partial charge in [-0.15, -0.1) is 0 Å². The molecule has 0 bridgehead atoms. The number of likely N-dealkylation sites (tertiary alicyclic amines) is 1. The van der Waals surface area contributed by atoms with Crippen LogP contribution in [-0.2, 0) is 0 Å². The number of carbonyl (C=O) groups is 2. The van der Waals surface area contributed by atoms with Crippen LogP contribution in [0, 0.1) is 18.1 Å². The minimum absolute atomic E-state index is 0.0946. The van der Waals surface area contributed by atoms with E-state index < -0.39 is 0 Å². The second kappa shape index (κ2) is 6.20. The van der Waals surface area contributed by atoms with Crippen molar-refractivity contribution in [1.29, 1.82) is 0 Å². The molecule has 0 radical (unpaired) electrons. The summed E-state index contributed by atoms with van der Waals surface area (Å²) in [7, 11) is 0. The van der Waals surface area contributed by atoms with Crippen molar-refractivity contribution >= 4 is 23.3 Å². The summed E-state index contributed by atoms with van der Waals surface area (Å²) in [5.41, 5.74) is 0.487. The fourth-order valence-corrected chi connectivity index (χ4v) is 2.74. The smallest absolute Gasteiger partial charge is 0.263 e. The topological polar surface area (TPSA) is 63.4 Å². The number of carbonyl (C=O) groups excluding carboxylic acids is 2. The minimum Gasteiger partial charge on any atom is -0.442 e. The van der Waals surface area contributed by atoms with Gasteiger partial charge in [0.25, 0.3) is 11.8 Å². The molecule has 0 unspecified atom stereocenters. The van der Waals surface area contributed by atoms with Gasteiger partial charge in [-0.25, -0.2) is 4.98 Å². The van der Waals surface area contributed by atoms with Crippen LogP contribution < -0.4 is 0 Å². The number of rotatable bonds is 3. The maximum atomic E-state index is 12.4. The van der Waals surface area contributed by atoms with Crippen molar-refractivity contribution < 1.29 is 14.0 Å². The summed E-state index contributed by atoms with van der Waals surface area (Å²) in [4.78, 5) is 30.1. The number of hydrogen-bond donors (Lipinski definition) is 0. The first-order valence-corrected chi connectivity index (χ1v) is 7.35. The lowest BCUT2D eigenvalue weighted by Crippen LogP contribution is -2.40. The van der Waals surface area contributed by atoms with E-state index in [0.717, 1.165) is 0 Å². The average molecular weight is 317 g/mol. The number of aromatic nitrogens is 1. The first kappa shape index (κ1) is 14.6. The molecule has 0 spiro atoms. The Kier molecular flexibility index (Phi) is 4.12. The molecule has 2 heterocycles. The summed E-state index contributed by atoms with van der Waals surface area (Å²) in [6, 6.07) is 8.53. The van der Waals surface area contributed by atoms with Crippen molar-refractivity contribution in [3.8, 4) is 0 Å². The van der Waals surface area contributed by atoms with E-state index in [0.29, 0.717) is 36.5 Å². The number of hydrogen-bond acceptors (Lipinski definition) is 4. The van der Waals surface area contributed by atoms with Crippen LogP contribution in [0.2, 0.25) is 5.02 Å². The molecule has 1 aliphatic heterocycles. The fourth-order valence-electron chi connectivity index (χ4n) is 2.57. The summed E-state index contributed by atoms with van der Waals surface area (Å²) >= 11 is 5.83. The van der Waals surface area contributed by atoms with Crippen molar-refractivity contribution in [3.63, 3.8) is 0 Å². The Morgan fingerprint density at radius 1 is 1.36 bits per heavy atom. The average Bonchev–Trinajstić information content (AvgIpc) is 3.08. The first-order chi connectivity index (χ1) is 10.6. The molecule has 22 heavy (non-hydrogen) atoms. The molecule has 6 heteroatoms. The predicted octanol–water partition coefficient (Wildman–Crippen LogP) is 2.66. The second-order valence-electron chi connectivity index (χ2n) is 5.13. The monoisotopic (exact) mass is 316 g/mol. The third-order valence-electron chi connectivity index (χ3n) is 3.74. The van der Waals surface area contributed by atoms with E-state index in [4.69, 9.17) is 16.0 Å². The first-order valence-electron chi connectivity index (χ1n) is 6.97. The van der Waals surface area contributed by atoms with Crippen LogP contribution in [0.1, 0.15) is 33.9 Å². The SMILES string of the molecule is O=C(c1ncco1)C1CCN(C(=O)c2cc#cc(Cl)c2)CC1. The van der Waals surface area contributed by atoms with Gasteiger partial charge in [0.2, 0.25) is 5.78 Å². The lowest BCUT2D eigenvalue weighted by atomic mass is 9.92. The normalized spacial score (nSPS) is 15.4. The largest absolute Gasteiger partial charge is 0.442 e. The molecule has 3 rings (SSSR count). The Bertz CT molecular complexity index is 676. The van der Waals surface area contributed by atoms with Crippen molar-refractivity contribution in [2.24, 2.45) is 5.92 Å². The molecule has 1 aromatic carbocycles. The Morgan fingerprint density at radius 3 is 2.77 bits per heavy atom. The Balaban J connectivity index is 1.62. The molecular formula is C16H13ClN2O3. The van der Waals surface area contributed by atoms with E-state index in [-0.39, 0.29) is 23.5 Å². The summed E-state index contributed by atoms with van der Waals surface area (Å²) in [5.74, 6) is -0.205. The van der Waals surface area contributed by atoms with Crippen molar-refractivity contribution in [2.45, 2.75) is 12.8 Å². The van der Waals surface area contributed by atoms with Crippen LogP contribution in [0.25, 0.3) is 0 Å². The highest BCUT2D eigenvalue weighted by Gasteiger charge is 2.30. The van der Waals surface area contributed by atoms with Gasteiger partial charge >= 0.3 is 0 Å². The lowest BCUT2D eigenvalue weighted by Gasteiger charge is -2.30. The summed E-state index contributed by atoms with van der Waals surface area (Å²) < 4.78 is 5.04. The molecule has 0 saturated carbocycles. The Morgan fingerprint density at radius 2 is 2.14 bits per heavy atom. The molecule has 1 aromatic heterocycles. The predicted molar refractivity (Wildman–Crippen MR) is 78.6 cm³/mol. The van der Waals surface area contributed by atoms with E-state index in [1.54, 1.807) is 17.0 Å². The van der Waals surface area contributed by atoms with Crippen molar-refractivity contribution in [2.75, 3.05) is 13.1 Å². The van der Waals surface area contributed by atoms with E-state index in [1.807, 2.05) is 0 Å². The van der Waals surface area contributed by atoms with Gasteiger partial charge in [0.1, 0.15) is 6.26 Å². The van der Waals surface area contributed by atoms with Gasteiger partial charge < -0.3 is 9.32 Å². The molecule has 0 N–H and O–H groups in total. The number of piperidine rings is 1. The standard InChI is InChI=1S/C16H13ClN2O3/c17-13-3-1-2-12(10-13)16(21)19-7-4-11(5-8-19)14(20)15-18-6-9-22-15/h2,6,9-11H,4-5,7-8H2. The maximum Gasteiger partial charge on any atom is 0.263 e. The van der Waals surface area contributed by atoms with Crippen LogP contribution in [-0.4, -0.2) is 34.7 Å². The second-order valence-corrected chi connectivity index (χ2v) is 5.54. The van der Waals surface area contributed by atoms with Gasteiger partial charge in [-0.3, -0.25) is 9.59 Å². The van der Waals surface area contributed by atoms with Crippen LogP contribution in [0.5, 0.6) is 0 Å². The molecule has 2 aromatic rings. The summed E-state index contributed by atoms with van der Waals surface area (Å²) in [6.45, 7) is 1.04. The van der Waals surface area contributed by atoms with E-state index in [2.05, 4.69) is 17.1 Å². The summed E-state index contributed by atoms with van der Waals surface area (Å²) in [6.07, 6.45) is 4.05. The number of oxazole rings is 1. The van der Waals surface area contributed by atoms with Gasteiger partial charge in [0.15, 0.2) is 0 Å². The highest BCUT2D eigenvalue weighted by molar-refractivity contribution is 6.30. The highest BCUT2D eigenvalue weighted by Crippen LogP contribution is 2.22. The molecule has 1 amide bonds. The third kappa shape index (κ3) is 2.97. The Hall–Kier alpha value is -2.32. The van der Waals surface area contributed by atoms with E-state index >= 15 is 0 Å². The van der Waals surface area contributed by atoms with Crippen LogP contribution in [0.3, 0.4) is 0 Å². The molecule has 112 valence electrons. The van der Waals surface area contributed by atoms with Gasteiger partial charge in [-0.2, -0.15) is 0 Å². The zero-order valence-corrected chi connectivity index (χ0v) is 12.5. The maximum absolute atomic E-state index is 12.4. The van der Waals surface area contributed by atoms with Gasteiger partial charge in [-0.05, 0) is 25.0 Å². The molecule has 0 atom stereocenters. The van der Waals surface area contributed by atoms with Crippen molar-refractivity contribution in [3.05, 3.63) is 53.2 Å². The number of nitrogens with zero attached hydrogens (tertiary/aromatic N) is 2. The summed E-state index contributed by atoms with van der Waals surface area (Å²) in [5, 5.41) is 0.361. The van der Waals surface area contributed by atoms with Gasteiger partial charge in [0.05, 0.1) is 16.8 Å².